The van der Waals surface area contributed by atoms with Gasteiger partial charge in [-0.15, -0.1) is 0 Å². The molecule has 1 saturated heterocycles. The van der Waals surface area contributed by atoms with Crippen molar-refractivity contribution in [2.24, 2.45) is 7.05 Å². The molecule has 19 heavy (non-hydrogen) atoms. The third-order valence-corrected chi connectivity index (χ3v) is 5.11. The first-order valence-electron chi connectivity index (χ1n) is 6.54. The van der Waals surface area contributed by atoms with Crippen LogP contribution in [0.3, 0.4) is 0 Å². The highest BCUT2D eigenvalue weighted by Gasteiger charge is 2.23. The van der Waals surface area contributed by atoms with E-state index in [1.54, 1.807) is 4.68 Å². The molecule has 0 saturated carbocycles. The maximum Gasteiger partial charge on any atom is 0.153 e. The molecule has 6 nitrogen and oxygen atoms in total. The van der Waals surface area contributed by atoms with Gasteiger partial charge in [-0.2, -0.15) is 5.10 Å². The standard InChI is InChI=1S/C12H22N4O2S/c1-15(8-11-7-14-16(2)9-11)5-3-12-10-19(17,18)6-4-13-12/h7,9,12-13H,3-6,8,10H2,1-2H3. The molecule has 1 aliphatic heterocycles. The molecule has 1 aromatic rings. The fraction of sp³-hybridized carbons (Fsp3) is 0.750. The molecular formula is C12H22N4O2S. The van der Waals surface area contributed by atoms with Gasteiger partial charge in [0.1, 0.15) is 0 Å². The van der Waals surface area contributed by atoms with Crippen LogP contribution >= 0.6 is 0 Å². The molecule has 0 radical (unpaired) electrons. The molecule has 0 bridgehead atoms. The molecule has 1 aliphatic rings. The van der Waals surface area contributed by atoms with Crippen LogP contribution in [-0.4, -0.2) is 60.8 Å². The lowest BCUT2D eigenvalue weighted by Gasteiger charge is -2.25. The zero-order valence-corrected chi connectivity index (χ0v) is 12.4. The lowest BCUT2D eigenvalue weighted by Crippen LogP contribution is -2.46. The lowest BCUT2D eigenvalue weighted by atomic mass is 10.2. The number of nitrogens with one attached hydrogen (secondary N) is 1. The monoisotopic (exact) mass is 286 g/mol. The number of rotatable bonds is 5. The summed E-state index contributed by atoms with van der Waals surface area (Å²) in [6, 6.07) is 0.0927. The summed E-state index contributed by atoms with van der Waals surface area (Å²) in [5.74, 6) is 0.544. The van der Waals surface area contributed by atoms with Crippen LogP contribution in [0.15, 0.2) is 12.4 Å². The van der Waals surface area contributed by atoms with Crippen LogP contribution in [-0.2, 0) is 23.4 Å². The van der Waals surface area contributed by atoms with Crippen LogP contribution in [0.1, 0.15) is 12.0 Å². The van der Waals surface area contributed by atoms with Crippen LogP contribution in [0.4, 0.5) is 0 Å². The van der Waals surface area contributed by atoms with E-state index in [0.29, 0.717) is 6.54 Å². The van der Waals surface area contributed by atoms with Gasteiger partial charge in [0.05, 0.1) is 17.7 Å². The minimum absolute atomic E-state index is 0.0927. The van der Waals surface area contributed by atoms with Crippen LogP contribution < -0.4 is 5.32 Å². The Morgan fingerprint density at radius 2 is 2.37 bits per heavy atom. The Labute approximate surface area is 114 Å². The average Bonchev–Trinajstić information content (AvgIpc) is 2.71. The second kappa shape index (κ2) is 6.02. The van der Waals surface area contributed by atoms with Crippen molar-refractivity contribution in [1.82, 2.24) is 20.0 Å². The number of hydrogen-bond donors (Lipinski definition) is 1. The Balaban J connectivity index is 1.75. The highest BCUT2D eigenvalue weighted by molar-refractivity contribution is 7.91. The minimum atomic E-state index is -2.83. The summed E-state index contributed by atoms with van der Waals surface area (Å²) in [6.45, 7) is 2.30. The molecule has 1 unspecified atom stereocenters. The maximum atomic E-state index is 11.5. The van der Waals surface area contributed by atoms with Crippen molar-refractivity contribution < 1.29 is 8.42 Å². The molecule has 1 fully saturated rings. The number of aromatic nitrogens is 2. The topological polar surface area (TPSA) is 67.2 Å². The SMILES string of the molecule is CN(CCC1CS(=O)(=O)CCN1)Cc1cnn(C)c1. The van der Waals surface area contributed by atoms with Gasteiger partial charge in [-0.05, 0) is 20.0 Å². The Bertz CT molecular complexity index is 512. The summed E-state index contributed by atoms with van der Waals surface area (Å²) in [6.07, 6.45) is 4.72. The fourth-order valence-corrected chi connectivity index (χ4v) is 3.87. The number of sulfone groups is 1. The van der Waals surface area contributed by atoms with E-state index >= 15 is 0 Å². The first-order chi connectivity index (χ1) is 8.94. The summed E-state index contributed by atoms with van der Waals surface area (Å²) < 4.78 is 24.9. The summed E-state index contributed by atoms with van der Waals surface area (Å²) >= 11 is 0. The van der Waals surface area contributed by atoms with Gasteiger partial charge in [0.2, 0.25) is 0 Å². The van der Waals surface area contributed by atoms with E-state index in [-0.39, 0.29) is 17.5 Å². The van der Waals surface area contributed by atoms with Crippen LogP contribution in [0.2, 0.25) is 0 Å². The molecule has 7 heteroatoms. The predicted octanol–water partition coefficient (Wildman–Crippen LogP) is -0.371. The molecule has 2 rings (SSSR count). The molecule has 0 amide bonds. The van der Waals surface area contributed by atoms with E-state index in [1.165, 1.54) is 5.56 Å². The van der Waals surface area contributed by atoms with E-state index in [0.717, 1.165) is 19.5 Å². The van der Waals surface area contributed by atoms with Gasteiger partial charge in [0, 0.05) is 37.9 Å². The van der Waals surface area contributed by atoms with Crippen molar-refractivity contribution in [3.63, 3.8) is 0 Å². The number of aryl methyl sites for hydroxylation is 1. The Morgan fingerprint density at radius 1 is 1.58 bits per heavy atom. The maximum absolute atomic E-state index is 11.5. The summed E-state index contributed by atoms with van der Waals surface area (Å²) in [5, 5.41) is 7.41. The Morgan fingerprint density at radius 3 is 3.00 bits per heavy atom. The van der Waals surface area contributed by atoms with Crippen LogP contribution in [0, 0.1) is 0 Å². The fourth-order valence-electron chi connectivity index (χ4n) is 2.37. The Kier molecular flexibility index (Phi) is 4.59. The van der Waals surface area contributed by atoms with E-state index in [2.05, 4.69) is 15.3 Å². The second-order valence-electron chi connectivity index (χ2n) is 5.31. The molecule has 1 atom stereocenters. The normalized spacial score (nSPS) is 22.8. The van der Waals surface area contributed by atoms with Crippen LogP contribution in [0.5, 0.6) is 0 Å². The van der Waals surface area contributed by atoms with E-state index in [1.807, 2.05) is 26.5 Å². The summed E-state index contributed by atoms with van der Waals surface area (Å²) in [4.78, 5) is 2.19. The predicted molar refractivity (Wildman–Crippen MR) is 74.6 cm³/mol. The smallest absolute Gasteiger partial charge is 0.153 e. The molecule has 108 valence electrons. The van der Waals surface area contributed by atoms with Gasteiger partial charge < -0.3 is 10.2 Å². The molecule has 1 N–H and O–H groups in total. The van der Waals surface area contributed by atoms with Crippen molar-refractivity contribution in [2.75, 3.05) is 31.6 Å². The summed E-state index contributed by atoms with van der Waals surface area (Å²) in [5.41, 5.74) is 1.18. The van der Waals surface area contributed by atoms with Gasteiger partial charge in [0.15, 0.2) is 9.84 Å². The first-order valence-corrected chi connectivity index (χ1v) is 8.36. The average molecular weight is 286 g/mol. The van der Waals surface area contributed by atoms with Gasteiger partial charge >= 0.3 is 0 Å². The van der Waals surface area contributed by atoms with E-state index < -0.39 is 9.84 Å². The number of hydrogen-bond acceptors (Lipinski definition) is 5. The molecule has 2 heterocycles. The number of nitrogens with zero attached hydrogens (tertiary/aromatic N) is 3. The van der Waals surface area contributed by atoms with Crippen molar-refractivity contribution in [3.8, 4) is 0 Å². The minimum Gasteiger partial charge on any atom is -0.312 e. The highest BCUT2D eigenvalue weighted by atomic mass is 32.2. The van der Waals surface area contributed by atoms with Crippen LogP contribution in [0.25, 0.3) is 0 Å². The Hall–Kier alpha value is -0.920. The zero-order valence-electron chi connectivity index (χ0n) is 11.5. The molecule has 0 aliphatic carbocycles. The molecule has 0 spiro atoms. The third-order valence-electron chi connectivity index (χ3n) is 3.37. The van der Waals surface area contributed by atoms with Crippen molar-refractivity contribution in [3.05, 3.63) is 18.0 Å². The van der Waals surface area contributed by atoms with Crippen molar-refractivity contribution in [1.29, 1.82) is 0 Å². The van der Waals surface area contributed by atoms with Gasteiger partial charge in [-0.3, -0.25) is 4.68 Å². The molecule has 1 aromatic heterocycles. The van der Waals surface area contributed by atoms with Gasteiger partial charge in [-0.1, -0.05) is 0 Å². The van der Waals surface area contributed by atoms with Crippen molar-refractivity contribution >= 4 is 9.84 Å². The van der Waals surface area contributed by atoms with E-state index in [4.69, 9.17) is 0 Å². The largest absolute Gasteiger partial charge is 0.312 e. The quantitative estimate of drug-likeness (QED) is 0.800. The third kappa shape index (κ3) is 4.59. The lowest BCUT2D eigenvalue weighted by molar-refractivity contribution is 0.303. The van der Waals surface area contributed by atoms with Crippen molar-refractivity contribution in [2.45, 2.75) is 19.0 Å². The molecular weight excluding hydrogens is 264 g/mol. The summed E-state index contributed by atoms with van der Waals surface area (Å²) in [7, 11) is 1.12. The zero-order chi connectivity index (χ0) is 13.9. The molecule has 0 aromatic carbocycles. The van der Waals surface area contributed by atoms with Gasteiger partial charge in [-0.25, -0.2) is 8.42 Å². The highest BCUT2D eigenvalue weighted by Crippen LogP contribution is 2.07. The second-order valence-corrected chi connectivity index (χ2v) is 7.54. The van der Waals surface area contributed by atoms with Gasteiger partial charge in [0.25, 0.3) is 0 Å². The van der Waals surface area contributed by atoms with E-state index in [9.17, 15) is 8.42 Å². The first kappa shape index (κ1) is 14.5.